The lowest BCUT2D eigenvalue weighted by atomic mass is 9.84. The second-order valence-electron chi connectivity index (χ2n) is 5.66. The van der Waals surface area contributed by atoms with Crippen LogP contribution in [0.25, 0.3) is 0 Å². The van der Waals surface area contributed by atoms with Gasteiger partial charge in [0.1, 0.15) is 11.5 Å². The first-order chi connectivity index (χ1) is 9.11. The number of unbranched alkanes of at least 4 members (excludes halogenated alkanes) is 1. The highest BCUT2D eigenvalue weighted by Crippen LogP contribution is 2.41. The van der Waals surface area contributed by atoms with Gasteiger partial charge in [0.15, 0.2) is 0 Å². The Labute approximate surface area is 115 Å². The number of aryl methyl sites for hydroxylation is 1. The number of hydrogen-bond donors (Lipinski definition) is 2. The van der Waals surface area contributed by atoms with E-state index in [-0.39, 0.29) is 17.4 Å². The maximum absolute atomic E-state index is 10.2. The van der Waals surface area contributed by atoms with Crippen LogP contribution in [-0.4, -0.2) is 10.2 Å². The maximum Gasteiger partial charge on any atom is 0.123 e. The lowest BCUT2D eigenvalue weighted by Gasteiger charge is -2.22. The van der Waals surface area contributed by atoms with Crippen LogP contribution in [0.3, 0.4) is 0 Å². The van der Waals surface area contributed by atoms with E-state index >= 15 is 0 Å². The quantitative estimate of drug-likeness (QED) is 0.773. The van der Waals surface area contributed by atoms with Crippen molar-refractivity contribution in [3.05, 3.63) is 34.9 Å². The molecule has 0 saturated heterocycles. The van der Waals surface area contributed by atoms with Gasteiger partial charge in [-0.25, -0.2) is 0 Å². The number of phenolic OH excluding ortho intramolecular Hbond substituents is 2. The molecule has 0 aliphatic heterocycles. The zero-order valence-electron chi connectivity index (χ0n) is 11.9. The molecule has 0 radical (unpaired) electrons. The Bertz CT molecular complexity index is 451. The molecule has 0 saturated carbocycles. The SMILES string of the molecule is CCCCc1cc(O)c(C2C=C(C)CCC2)c(O)c1. The number of aromatic hydroxyl groups is 2. The Balaban J connectivity index is 2.28. The lowest BCUT2D eigenvalue weighted by molar-refractivity contribution is 0.427. The van der Waals surface area contributed by atoms with Crippen LogP contribution in [0.1, 0.15) is 63.0 Å². The predicted octanol–water partition coefficient (Wildman–Crippen LogP) is 4.65. The van der Waals surface area contributed by atoms with Crippen LogP contribution in [0.15, 0.2) is 23.8 Å². The van der Waals surface area contributed by atoms with Crippen LogP contribution >= 0.6 is 0 Å². The molecule has 19 heavy (non-hydrogen) atoms. The summed E-state index contributed by atoms with van der Waals surface area (Å²) in [7, 11) is 0. The molecule has 0 fully saturated rings. The van der Waals surface area contributed by atoms with Crippen LogP contribution in [0.5, 0.6) is 11.5 Å². The van der Waals surface area contributed by atoms with E-state index in [1.807, 2.05) is 12.1 Å². The first kappa shape index (κ1) is 14.0. The molecule has 1 aromatic rings. The first-order valence-electron chi connectivity index (χ1n) is 7.34. The van der Waals surface area contributed by atoms with Gasteiger partial charge in [0, 0.05) is 11.5 Å². The van der Waals surface area contributed by atoms with Crippen molar-refractivity contribution in [1.82, 2.24) is 0 Å². The molecule has 0 bridgehead atoms. The van der Waals surface area contributed by atoms with E-state index in [9.17, 15) is 10.2 Å². The molecule has 2 N–H and O–H groups in total. The van der Waals surface area contributed by atoms with E-state index in [1.54, 1.807) is 0 Å². The van der Waals surface area contributed by atoms with Crippen molar-refractivity contribution in [1.29, 1.82) is 0 Å². The topological polar surface area (TPSA) is 40.5 Å². The summed E-state index contributed by atoms with van der Waals surface area (Å²) < 4.78 is 0. The average Bonchev–Trinajstić information content (AvgIpc) is 2.35. The molecular weight excluding hydrogens is 236 g/mol. The van der Waals surface area contributed by atoms with E-state index in [1.165, 1.54) is 5.57 Å². The van der Waals surface area contributed by atoms with Crippen molar-refractivity contribution in [2.75, 3.05) is 0 Å². The Morgan fingerprint density at radius 1 is 1.21 bits per heavy atom. The molecule has 2 rings (SSSR count). The molecule has 1 aliphatic rings. The minimum Gasteiger partial charge on any atom is -0.507 e. The third-order valence-electron chi connectivity index (χ3n) is 3.96. The first-order valence-corrected chi connectivity index (χ1v) is 7.34. The smallest absolute Gasteiger partial charge is 0.123 e. The maximum atomic E-state index is 10.2. The lowest BCUT2D eigenvalue weighted by Crippen LogP contribution is -2.03. The molecule has 2 nitrogen and oxygen atoms in total. The molecule has 1 unspecified atom stereocenters. The minimum atomic E-state index is 0.161. The van der Waals surface area contributed by atoms with Crippen molar-refractivity contribution >= 4 is 0 Å². The second-order valence-corrected chi connectivity index (χ2v) is 5.66. The van der Waals surface area contributed by atoms with E-state index in [2.05, 4.69) is 19.9 Å². The van der Waals surface area contributed by atoms with E-state index in [0.29, 0.717) is 5.56 Å². The standard InChI is InChI=1S/C17H24O2/c1-3-4-7-13-10-15(18)17(16(19)11-13)14-8-5-6-12(2)9-14/h9-11,14,18-19H,3-8H2,1-2H3. The van der Waals surface area contributed by atoms with Crippen molar-refractivity contribution in [2.24, 2.45) is 0 Å². The van der Waals surface area contributed by atoms with Crippen LogP contribution in [0.2, 0.25) is 0 Å². The summed E-state index contributed by atoms with van der Waals surface area (Å²) in [5.74, 6) is 0.665. The van der Waals surface area contributed by atoms with Gasteiger partial charge in [-0.15, -0.1) is 0 Å². The molecule has 0 spiro atoms. The van der Waals surface area contributed by atoms with E-state index in [4.69, 9.17) is 0 Å². The summed E-state index contributed by atoms with van der Waals surface area (Å²) in [5.41, 5.74) is 3.08. The van der Waals surface area contributed by atoms with Gasteiger partial charge >= 0.3 is 0 Å². The number of phenols is 2. The van der Waals surface area contributed by atoms with Crippen LogP contribution < -0.4 is 0 Å². The predicted molar refractivity (Wildman–Crippen MR) is 78.7 cm³/mol. The van der Waals surface area contributed by atoms with Gasteiger partial charge < -0.3 is 10.2 Å². The second kappa shape index (κ2) is 6.14. The summed E-state index contributed by atoms with van der Waals surface area (Å²) in [4.78, 5) is 0. The van der Waals surface area contributed by atoms with Gasteiger partial charge in [0.25, 0.3) is 0 Å². The largest absolute Gasteiger partial charge is 0.507 e. The average molecular weight is 260 g/mol. The Kier molecular flexibility index (Phi) is 4.52. The molecule has 0 heterocycles. The fourth-order valence-corrected chi connectivity index (χ4v) is 2.92. The Hall–Kier alpha value is -1.44. The molecule has 1 aromatic carbocycles. The molecule has 1 atom stereocenters. The minimum absolute atomic E-state index is 0.161. The van der Waals surface area contributed by atoms with Gasteiger partial charge in [-0.05, 0) is 56.7 Å². The van der Waals surface area contributed by atoms with Crippen molar-refractivity contribution in [3.8, 4) is 11.5 Å². The number of allylic oxidation sites excluding steroid dienone is 2. The van der Waals surface area contributed by atoms with Crippen molar-refractivity contribution < 1.29 is 10.2 Å². The van der Waals surface area contributed by atoms with Crippen molar-refractivity contribution in [3.63, 3.8) is 0 Å². The number of rotatable bonds is 4. The Morgan fingerprint density at radius 3 is 2.47 bits per heavy atom. The summed E-state index contributed by atoms with van der Waals surface area (Å²) >= 11 is 0. The van der Waals surface area contributed by atoms with E-state index in [0.717, 1.165) is 44.1 Å². The molecule has 104 valence electrons. The van der Waals surface area contributed by atoms with Gasteiger partial charge in [0.2, 0.25) is 0 Å². The van der Waals surface area contributed by atoms with Gasteiger partial charge in [0.05, 0.1) is 0 Å². The fraction of sp³-hybridized carbons (Fsp3) is 0.529. The van der Waals surface area contributed by atoms with Gasteiger partial charge in [-0.3, -0.25) is 0 Å². The molecule has 2 heteroatoms. The highest BCUT2D eigenvalue weighted by Gasteiger charge is 2.21. The highest BCUT2D eigenvalue weighted by atomic mass is 16.3. The number of hydrogen-bond acceptors (Lipinski definition) is 2. The molecule has 0 aromatic heterocycles. The summed E-state index contributed by atoms with van der Waals surface area (Å²) in [6, 6.07) is 3.64. The summed E-state index contributed by atoms with van der Waals surface area (Å²) in [5, 5.41) is 20.4. The summed E-state index contributed by atoms with van der Waals surface area (Å²) in [6.07, 6.45) is 8.57. The van der Waals surface area contributed by atoms with Gasteiger partial charge in [-0.1, -0.05) is 25.0 Å². The third kappa shape index (κ3) is 3.31. The van der Waals surface area contributed by atoms with Crippen LogP contribution in [0, 0.1) is 0 Å². The van der Waals surface area contributed by atoms with Crippen molar-refractivity contribution in [2.45, 2.75) is 58.3 Å². The van der Waals surface area contributed by atoms with Gasteiger partial charge in [-0.2, -0.15) is 0 Å². The zero-order chi connectivity index (χ0) is 13.8. The normalized spacial score (nSPS) is 19.3. The van der Waals surface area contributed by atoms with Crippen LogP contribution in [-0.2, 0) is 6.42 Å². The molecule has 0 amide bonds. The molecule has 1 aliphatic carbocycles. The Morgan fingerprint density at radius 2 is 1.89 bits per heavy atom. The van der Waals surface area contributed by atoms with Crippen LogP contribution in [0.4, 0.5) is 0 Å². The summed E-state index contributed by atoms with van der Waals surface area (Å²) in [6.45, 7) is 4.26. The highest BCUT2D eigenvalue weighted by molar-refractivity contribution is 5.50. The molecular formula is C17H24O2. The monoisotopic (exact) mass is 260 g/mol. The third-order valence-corrected chi connectivity index (χ3v) is 3.96. The number of benzene rings is 1. The fourth-order valence-electron chi connectivity index (χ4n) is 2.92. The van der Waals surface area contributed by atoms with E-state index < -0.39 is 0 Å². The zero-order valence-corrected chi connectivity index (χ0v) is 11.9.